The molecule has 118 valence electrons. The molecule has 2 N–H and O–H groups in total. The van der Waals surface area contributed by atoms with Gasteiger partial charge in [0.25, 0.3) is 10.1 Å². The molecule has 6 nitrogen and oxygen atoms in total. The number of rotatable bonds is 8. The maximum Gasteiger partial charge on any atom is 0.264 e. The van der Waals surface area contributed by atoms with E-state index in [0.29, 0.717) is 19.4 Å². The molecule has 7 heteroatoms. The molecule has 1 aromatic rings. The minimum Gasteiger partial charge on any atom is -0.372 e. The van der Waals surface area contributed by atoms with Crippen molar-refractivity contribution >= 4 is 27.4 Å². The Balaban J connectivity index is 2.61. The third kappa shape index (κ3) is 7.10. The molecule has 0 saturated carbocycles. The third-order valence-corrected chi connectivity index (χ3v) is 3.80. The average molecular weight is 314 g/mol. The molecular weight excluding hydrogens is 292 g/mol. The molecule has 0 aliphatic carbocycles. The van der Waals surface area contributed by atoms with Gasteiger partial charge in [-0.15, -0.1) is 0 Å². The molecular formula is C14H22N2O4S. The Morgan fingerprint density at radius 3 is 2.62 bits per heavy atom. The zero-order chi connectivity index (χ0) is 15.9. The van der Waals surface area contributed by atoms with Gasteiger partial charge in [0.1, 0.15) is 0 Å². The van der Waals surface area contributed by atoms with Gasteiger partial charge in [0.2, 0.25) is 5.91 Å². The standard InChI is InChI=1S/C14H22N2O4S/c1-3-16(9-4-5-10-21(18,19)20)14-8-6-7-13(11-14)15-12(2)17/h6-8,11H,3-5,9-10H2,1-2H3,(H,15,17)(H,18,19,20). The Morgan fingerprint density at radius 1 is 1.33 bits per heavy atom. The highest BCUT2D eigenvalue weighted by atomic mass is 32.2. The number of anilines is 2. The number of unbranched alkanes of at least 4 members (excludes halogenated alkanes) is 1. The summed E-state index contributed by atoms with van der Waals surface area (Å²) in [6, 6.07) is 7.50. The van der Waals surface area contributed by atoms with Crippen molar-refractivity contribution in [3.05, 3.63) is 24.3 Å². The zero-order valence-electron chi connectivity index (χ0n) is 12.4. The number of carbonyl (C=O) groups excluding carboxylic acids is 1. The van der Waals surface area contributed by atoms with Gasteiger partial charge in [0.15, 0.2) is 0 Å². The van der Waals surface area contributed by atoms with E-state index in [0.717, 1.165) is 17.9 Å². The van der Waals surface area contributed by atoms with Crippen molar-refractivity contribution in [1.82, 2.24) is 0 Å². The van der Waals surface area contributed by atoms with Crippen LogP contribution in [0.3, 0.4) is 0 Å². The van der Waals surface area contributed by atoms with Gasteiger partial charge < -0.3 is 10.2 Å². The molecule has 0 saturated heterocycles. The molecule has 0 heterocycles. The summed E-state index contributed by atoms with van der Waals surface area (Å²) < 4.78 is 30.0. The SMILES string of the molecule is CCN(CCCCS(=O)(=O)O)c1cccc(NC(C)=O)c1. The van der Waals surface area contributed by atoms with Crippen LogP contribution in [0.1, 0.15) is 26.7 Å². The second-order valence-corrected chi connectivity index (χ2v) is 6.38. The minimum absolute atomic E-state index is 0.122. The van der Waals surface area contributed by atoms with Gasteiger partial charge in [-0.2, -0.15) is 8.42 Å². The van der Waals surface area contributed by atoms with Gasteiger partial charge >= 0.3 is 0 Å². The Kier molecular flexibility index (Phi) is 6.64. The Bertz CT molecular complexity index is 572. The van der Waals surface area contributed by atoms with Crippen LogP contribution < -0.4 is 10.2 Å². The van der Waals surface area contributed by atoms with Gasteiger partial charge in [-0.1, -0.05) is 6.07 Å². The number of amides is 1. The lowest BCUT2D eigenvalue weighted by Gasteiger charge is -2.23. The number of hydrogen-bond donors (Lipinski definition) is 2. The van der Waals surface area contributed by atoms with Crippen LogP contribution in [0.2, 0.25) is 0 Å². The molecule has 0 spiro atoms. The molecule has 1 amide bonds. The van der Waals surface area contributed by atoms with E-state index in [1.807, 2.05) is 31.2 Å². The van der Waals surface area contributed by atoms with Crippen LogP contribution in [0.25, 0.3) is 0 Å². The molecule has 0 unspecified atom stereocenters. The van der Waals surface area contributed by atoms with Gasteiger partial charge in [-0.05, 0) is 38.0 Å². The van der Waals surface area contributed by atoms with E-state index in [1.165, 1.54) is 6.92 Å². The fourth-order valence-electron chi connectivity index (χ4n) is 2.04. The normalized spacial score (nSPS) is 11.2. The number of hydrogen-bond acceptors (Lipinski definition) is 4. The summed E-state index contributed by atoms with van der Waals surface area (Å²) in [4.78, 5) is 13.2. The minimum atomic E-state index is -3.88. The van der Waals surface area contributed by atoms with Crippen molar-refractivity contribution < 1.29 is 17.8 Å². The van der Waals surface area contributed by atoms with E-state index < -0.39 is 10.1 Å². The van der Waals surface area contributed by atoms with E-state index in [1.54, 1.807) is 0 Å². The van der Waals surface area contributed by atoms with Crippen molar-refractivity contribution in [2.75, 3.05) is 29.1 Å². The summed E-state index contributed by atoms with van der Waals surface area (Å²) >= 11 is 0. The third-order valence-electron chi connectivity index (χ3n) is 2.99. The average Bonchev–Trinajstić information content (AvgIpc) is 2.37. The molecule has 1 rings (SSSR count). The van der Waals surface area contributed by atoms with E-state index in [4.69, 9.17) is 4.55 Å². The fourth-order valence-corrected chi connectivity index (χ4v) is 2.61. The quantitative estimate of drug-likeness (QED) is 0.567. The van der Waals surface area contributed by atoms with Gasteiger partial charge in [-0.25, -0.2) is 0 Å². The summed E-state index contributed by atoms with van der Waals surface area (Å²) in [7, 11) is -3.88. The van der Waals surface area contributed by atoms with Crippen molar-refractivity contribution in [1.29, 1.82) is 0 Å². The summed E-state index contributed by atoms with van der Waals surface area (Å²) in [5.74, 6) is -0.334. The predicted octanol–water partition coefficient (Wildman–Crippen LogP) is 2.14. The van der Waals surface area contributed by atoms with Crippen LogP contribution in [-0.4, -0.2) is 37.7 Å². The van der Waals surface area contributed by atoms with E-state index in [2.05, 4.69) is 10.2 Å². The fraction of sp³-hybridized carbons (Fsp3) is 0.500. The lowest BCUT2D eigenvalue weighted by Crippen LogP contribution is -2.24. The first-order chi connectivity index (χ1) is 9.81. The monoisotopic (exact) mass is 314 g/mol. The molecule has 0 aliphatic heterocycles. The number of nitrogens with one attached hydrogen (secondary N) is 1. The molecule has 0 atom stereocenters. The Hall–Kier alpha value is -1.60. The number of carbonyl (C=O) groups is 1. The molecule has 0 aromatic heterocycles. The Morgan fingerprint density at radius 2 is 2.05 bits per heavy atom. The van der Waals surface area contributed by atoms with Crippen molar-refractivity contribution in [3.63, 3.8) is 0 Å². The molecule has 1 aromatic carbocycles. The highest BCUT2D eigenvalue weighted by Crippen LogP contribution is 2.20. The Labute approximate surface area is 125 Å². The first kappa shape index (κ1) is 17.5. The molecule has 0 bridgehead atoms. The van der Waals surface area contributed by atoms with Crippen molar-refractivity contribution in [3.8, 4) is 0 Å². The van der Waals surface area contributed by atoms with E-state index in [9.17, 15) is 13.2 Å². The highest BCUT2D eigenvalue weighted by molar-refractivity contribution is 7.85. The lowest BCUT2D eigenvalue weighted by molar-refractivity contribution is -0.114. The summed E-state index contributed by atoms with van der Waals surface area (Å²) in [5.41, 5.74) is 1.70. The van der Waals surface area contributed by atoms with Crippen LogP contribution in [0, 0.1) is 0 Å². The van der Waals surface area contributed by atoms with Gasteiger partial charge in [0.05, 0.1) is 5.75 Å². The molecule has 0 aliphatic rings. The zero-order valence-corrected chi connectivity index (χ0v) is 13.2. The van der Waals surface area contributed by atoms with Crippen molar-refractivity contribution in [2.24, 2.45) is 0 Å². The lowest BCUT2D eigenvalue weighted by atomic mass is 10.2. The maximum atomic E-state index is 11.1. The van der Waals surface area contributed by atoms with Gasteiger partial charge in [0, 0.05) is 31.4 Å². The first-order valence-electron chi connectivity index (χ1n) is 6.89. The summed E-state index contributed by atoms with van der Waals surface area (Å²) in [5, 5.41) is 2.73. The second-order valence-electron chi connectivity index (χ2n) is 4.80. The second kappa shape index (κ2) is 7.99. The summed E-state index contributed by atoms with van der Waals surface area (Å²) in [6.45, 7) is 4.93. The molecule has 0 fully saturated rings. The van der Waals surface area contributed by atoms with Crippen LogP contribution in [0.4, 0.5) is 11.4 Å². The smallest absolute Gasteiger partial charge is 0.264 e. The first-order valence-corrected chi connectivity index (χ1v) is 8.50. The van der Waals surface area contributed by atoms with Crippen LogP contribution in [0.5, 0.6) is 0 Å². The predicted molar refractivity (Wildman–Crippen MR) is 84.3 cm³/mol. The van der Waals surface area contributed by atoms with E-state index >= 15 is 0 Å². The van der Waals surface area contributed by atoms with Gasteiger partial charge in [-0.3, -0.25) is 9.35 Å². The largest absolute Gasteiger partial charge is 0.372 e. The van der Waals surface area contributed by atoms with Crippen LogP contribution in [-0.2, 0) is 14.9 Å². The summed E-state index contributed by atoms with van der Waals surface area (Å²) in [6.07, 6.45) is 1.08. The van der Waals surface area contributed by atoms with E-state index in [-0.39, 0.29) is 11.7 Å². The molecule has 0 radical (unpaired) electrons. The maximum absolute atomic E-state index is 11.1. The van der Waals surface area contributed by atoms with Crippen molar-refractivity contribution in [2.45, 2.75) is 26.7 Å². The van der Waals surface area contributed by atoms with Crippen LogP contribution >= 0.6 is 0 Å². The molecule has 21 heavy (non-hydrogen) atoms. The number of benzene rings is 1. The highest BCUT2D eigenvalue weighted by Gasteiger charge is 2.08. The number of nitrogens with zero attached hydrogens (tertiary/aromatic N) is 1. The topological polar surface area (TPSA) is 86.7 Å². The van der Waals surface area contributed by atoms with Crippen LogP contribution in [0.15, 0.2) is 24.3 Å².